The molecule has 23 nitrogen and oxygen atoms in total. The largest absolute Gasteiger partial charge is 0.464 e. The number of aliphatic hydroxyl groups is 11. The van der Waals surface area contributed by atoms with Crippen LogP contribution in [0.2, 0.25) is 0 Å². The molecule has 3 heterocycles. The summed E-state index contributed by atoms with van der Waals surface area (Å²) in [6.07, 6.45) is -19.4. The molecular weight excluding hydrogens is 1160 g/mol. The zero-order valence-electron chi connectivity index (χ0n) is 54.4. The molecule has 4 saturated carbocycles. The standard InChI is InChI=1S/C66H106O23/c1-14-16-26-81-57(80)51-49(86-58-46(74)44(72)38(30-68)83-58)48(76)50(87-59-47(75)45(73)43(71)37(29-67)82-59)60(88-51)84-41-23-24-63(11)39(62(41,9)10)22-25-64(12)40(63)21-20-35-36-28-61(7,8)54(85-42(70)27-33(5)19-17-18-32(3)4)55(89-56(79)34(6)15-2)66(36,31-69)53(78)52(77)65(35,64)13/h18,20,27,34,36-41,43-55,58-60,67-69,71-78H,14-17,19,21-26,28-31H2,1-13H3/b33-27+/t34-,36-,37+,38-,39+,40+,41-,43+,44-,45-,46+,47+,48-,49-,50+,51-,52-,53+,54-,55-,58-,59-,60+,63-,64+,65-,66-/m0/s1. The van der Waals surface area contributed by atoms with Crippen LogP contribution in [0.25, 0.3) is 0 Å². The van der Waals surface area contributed by atoms with E-state index in [2.05, 4.69) is 39.8 Å². The van der Waals surface area contributed by atoms with Gasteiger partial charge in [0.2, 0.25) is 0 Å². The fourth-order valence-electron chi connectivity index (χ4n) is 17.4. The van der Waals surface area contributed by atoms with Crippen molar-refractivity contribution in [2.24, 2.45) is 56.2 Å². The van der Waals surface area contributed by atoms with Crippen molar-refractivity contribution in [3.63, 3.8) is 0 Å². The Morgan fingerprint density at radius 2 is 1.33 bits per heavy atom. The van der Waals surface area contributed by atoms with Crippen molar-refractivity contribution in [3.8, 4) is 0 Å². The number of carbonyl (C=O) groups excluding carboxylic acids is 3. The average molecular weight is 1270 g/mol. The van der Waals surface area contributed by atoms with Crippen molar-refractivity contribution >= 4 is 17.9 Å². The smallest absolute Gasteiger partial charge is 0.338 e. The Morgan fingerprint density at radius 3 is 1.92 bits per heavy atom. The van der Waals surface area contributed by atoms with E-state index in [1.165, 1.54) is 6.08 Å². The molecule has 5 aliphatic carbocycles. The molecule has 0 spiro atoms. The SMILES string of the molecule is CCCCOC(=O)[C@H]1O[C@@H](O[C@H]2CC[C@@]3(C)[C@H](CC[C@]4(C)[C@@H]3CC=C3[C@@H]5CC(C)(C)[C@@H](OC(=O)/C=C(\C)CCC=C(C)C)[C@H](OC(=O)[C@@H](C)CC)[C@]5(CO)[C@H](O)[C@H](O)[C@]34C)C2(C)C)[C@H](O[C@@H]2O[C@H](CO)[C@@H](O)[C@H](O)[C@H]2O)[C@@H](O)[C@@H]1O[C@@H]1O[C@@H](CO)[C@H](O)[C@H]1O. The Balaban J connectivity index is 1.13. The molecule has 11 N–H and O–H groups in total. The van der Waals surface area contributed by atoms with Gasteiger partial charge in [-0.15, -0.1) is 0 Å². The third-order valence-corrected chi connectivity index (χ3v) is 23.1. The molecule has 508 valence electrons. The second-order valence-electron chi connectivity index (χ2n) is 29.4. The number of aliphatic hydroxyl groups excluding tert-OH is 11. The molecule has 0 amide bonds. The maximum absolute atomic E-state index is 14.2. The van der Waals surface area contributed by atoms with Gasteiger partial charge < -0.3 is 98.8 Å². The average Bonchev–Trinajstić information content (AvgIpc) is 0.907. The summed E-state index contributed by atoms with van der Waals surface area (Å²) in [4.78, 5) is 42.3. The van der Waals surface area contributed by atoms with Gasteiger partial charge in [0.15, 0.2) is 31.1 Å². The summed E-state index contributed by atoms with van der Waals surface area (Å²) in [5.41, 5.74) is -2.87. The molecule has 23 heteroatoms. The maximum atomic E-state index is 14.2. The Bertz CT molecular complexity index is 2570. The number of hydrogen-bond donors (Lipinski definition) is 11. The number of allylic oxidation sites excluding steroid dienone is 4. The number of rotatable bonds is 21. The lowest BCUT2D eigenvalue weighted by Crippen LogP contribution is -2.76. The van der Waals surface area contributed by atoms with Crippen molar-refractivity contribution in [2.45, 2.75) is 277 Å². The molecule has 27 atom stereocenters. The van der Waals surface area contributed by atoms with Gasteiger partial charge in [-0.25, -0.2) is 9.59 Å². The second-order valence-corrected chi connectivity index (χ2v) is 29.4. The lowest BCUT2D eigenvalue weighted by Gasteiger charge is -2.73. The van der Waals surface area contributed by atoms with E-state index in [1.54, 1.807) is 6.92 Å². The highest BCUT2D eigenvalue weighted by Gasteiger charge is 2.76. The molecule has 3 saturated heterocycles. The molecule has 0 bridgehead atoms. The molecule has 8 aliphatic rings. The maximum Gasteiger partial charge on any atom is 0.338 e. The highest BCUT2D eigenvalue weighted by molar-refractivity contribution is 5.83. The van der Waals surface area contributed by atoms with E-state index in [9.17, 15) is 70.6 Å². The molecule has 0 aromatic rings. The summed E-state index contributed by atoms with van der Waals surface area (Å²) in [5, 5.41) is 125. The lowest BCUT2D eigenvalue weighted by molar-refractivity contribution is -0.383. The minimum atomic E-state index is -1.99. The zero-order valence-corrected chi connectivity index (χ0v) is 54.4. The summed E-state index contributed by atoms with van der Waals surface area (Å²) in [5.74, 6) is -3.69. The predicted molar refractivity (Wildman–Crippen MR) is 318 cm³/mol. The van der Waals surface area contributed by atoms with Gasteiger partial charge in [0.25, 0.3) is 0 Å². The number of fused-ring (bicyclic) bond motifs is 7. The van der Waals surface area contributed by atoms with Gasteiger partial charge in [-0.3, -0.25) is 4.79 Å². The van der Waals surface area contributed by atoms with E-state index in [0.717, 1.165) is 23.1 Å². The number of esters is 3. The van der Waals surface area contributed by atoms with Crippen LogP contribution in [0.5, 0.6) is 0 Å². The van der Waals surface area contributed by atoms with Gasteiger partial charge in [-0.2, -0.15) is 0 Å². The molecule has 0 aromatic heterocycles. The van der Waals surface area contributed by atoms with Gasteiger partial charge in [0, 0.05) is 16.9 Å². The topological polar surface area (TPSA) is 357 Å². The van der Waals surface area contributed by atoms with Crippen LogP contribution in [0.3, 0.4) is 0 Å². The lowest BCUT2D eigenvalue weighted by atomic mass is 9.32. The Kier molecular flexibility index (Phi) is 22.4. The van der Waals surface area contributed by atoms with Gasteiger partial charge in [-0.05, 0) is 119 Å². The summed E-state index contributed by atoms with van der Waals surface area (Å²) >= 11 is 0. The molecule has 3 aliphatic heterocycles. The molecular formula is C66H106O23. The Hall–Kier alpha value is -3.05. The first kappa shape index (κ1) is 71.8. The van der Waals surface area contributed by atoms with Gasteiger partial charge in [0.05, 0.1) is 56.1 Å². The quantitative estimate of drug-likeness (QED) is 0.0196. The summed E-state index contributed by atoms with van der Waals surface area (Å²) < 4.78 is 55.8. The first-order chi connectivity index (χ1) is 41.7. The number of ether oxygens (including phenoxy) is 9. The Labute approximate surface area is 524 Å². The van der Waals surface area contributed by atoms with E-state index in [1.807, 2.05) is 55.4 Å². The highest BCUT2D eigenvalue weighted by atomic mass is 16.8. The van der Waals surface area contributed by atoms with E-state index in [4.69, 9.17) is 42.6 Å². The van der Waals surface area contributed by atoms with Crippen molar-refractivity contribution < 1.29 is 113 Å². The Morgan fingerprint density at radius 1 is 0.708 bits per heavy atom. The molecule has 0 aromatic carbocycles. The van der Waals surface area contributed by atoms with E-state index in [0.29, 0.717) is 64.2 Å². The number of unbranched alkanes of at least 4 members (excludes halogenated alkanes) is 1. The van der Waals surface area contributed by atoms with Crippen molar-refractivity contribution in [1.29, 1.82) is 0 Å². The third-order valence-electron chi connectivity index (χ3n) is 23.1. The van der Waals surface area contributed by atoms with Crippen LogP contribution < -0.4 is 0 Å². The van der Waals surface area contributed by atoms with Crippen LogP contribution in [-0.4, -0.2) is 217 Å². The minimum Gasteiger partial charge on any atom is -0.464 e. The van der Waals surface area contributed by atoms with Crippen LogP contribution in [-0.2, 0) is 57.0 Å². The molecule has 0 radical (unpaired) electrons. The van der Waals surface area contributed by atoms with E-state index < -0.39 is 199 Å². The van der Waals surface area contributed by atoms with Crippen LogP contribution in [0.15, 0.2) is 34.9 Å². The van der Waals surface area contributed by atoms with Crippen LogP contribution in [0.1, 0.15) is 161 Å². The van der Waals surface area contributed by atoms with Gasteiger partial charge >= 0.3 is 17.9 Å². The molecule has 89 heavy (non-hydrogen) atoms. The number of carbonyl (C=O) groups is 3. The predicted octanol–water partition coefficient (Wildman–Crippen LogP) is 3.33. The molecule has 7 fully saturated rings. The van der Waals surface area contributed by atoms with Crippen LogP contribution in [0.4, 0.5) is 0 Å². The van der Waals surface area contributed by atoms with Crippen LogP contribution in [0, 0.1) is 56.2 Å². The monoisotopic (exact) mass is 1270 g/mol. The highest BCUT2D eigenvalue weighted by Crippen LogP contribution is 2.76. The van der Waals surface area contributed by atoms with Gasteiger partial charge in [0.1, 0.15) is 67.1 Å². The first-order valence-corrected chi connectivity index (χ1v) is 32.5. The van der Waals surface area contributed by atoms with Gasteiger partial charge in [-0.1, -0.05) is 105 Å². The molecule has 0 unspecified atom stereocenters. The summed E-state index contributed by atoms with van der Waals surface area (Å²) in [6, 6.07) is 0. The summed E-state index contributed by atoms with van der Waals surface area (Å²) in [7, 11) is 0. The number of hydrogen-bond acceptors (Lipinski definition) is 23. The molecule has 8 rings (SSSR count). The fourth-order valence-corrected chi connectivity index (χ4v) is 17.4. The van der Waals surface area contributed by atoms with Crippen molar-refractivity contribution in [3.05, 3.63) is 34.9 Å². The fraction of sp³-hybridized carbons (Fsp3) is 0.864. The van der Waals surface area contributed by atoms with Crippen molar-refractivity contribution in [1.82, 2.24) is 0 Å². The third kappa shape index (κ3) is 12.8. The first-order valence-electron chi connectivity index (χ1n) is 32.5. The second kappa shape index (κ2) is 27.7. The van der Waals surface area contributed by atoms with Crippen molar-refractivity contribution in [2.75, 3.05) is 26.4 Å². The zero-order chi connectivity index (χ0) is 65.8. The normalized spacial score (nSPS) is 45.3. The van der Waals surface area contributed by atoms with E-state index >= 15 is 0 Å². The minimum absolute atomic E-state index is 0.0493. The van der Waals surface area contributed by atoms with Crippen LogP contribution >= 0.6 is 0 Å². The van der Waals surface area contributed by atoms with E-state index in [-0.39, 0.29) is 18.4 Å². The summed E-state index contributed by atoms with van der Waals surface area (Å²) in [6.45, 7) is 23.5.